The molecule has 23 heavy (non-hydrogen) atoms. The van der Waals surface area contributed by atoms with E-state index in [0.29, 0.717) is 18.5 Å². The minimum absolute atomic E-state index is 0.301. The fraction of sp³-hybridized carbons (Fsp3) is 0.562. The Morgan fingerprint density at radius 2 is 1.96 bits per heavy atom. The third-order valence-corrected chi connectivity index (χ3v) is 4.22. The van der Waals surface area contributed by atoms with E-state index in [1.165, 1.54) is 0 Å². The average molecular weight is 337 g/mol. The maximum absolute atomic E-state index is 5.37. The standard InChI is InChI=1S/C16H23N3O3S/c23-16(17-4-1-5-19-6-8-20-9-7-19)18-11-13-2-3-14-15(10-13)22-12-21-14/h2-3,10H,1,4-9,11-12H2,(H2,17,18,23). The second kappa shape index (κ2) is 8.33. The Labute approximate surface area is 142 Å². The van der Waals surface area contributed by atoms with Gasteiger partial charge in [-0.25, -0.2) is 0 Å². The first-order valence-electron chi connectivity index (χ1n) is 8.01. The summed E-state index contributed by atoms with van der Waals surface area (Å²) in [6.07, 6.45) is 1.08. The maximum atomic E-state index is 5.37. The lowest BCUT2D eigenvalue weighted by atomic mass is 10.2. The molecule has 1 aromatic rings. The molecular formula is C16H23N3O3S. The molecule has 0 bridgehead atoms. The molecule has 0 atom stereocenters. The Morgan fingerprint density at radius 3 is 2.83 bits per heavy atom. The minimum Gasteiger partial charge on any atom is -0.454 e. The predicted molar refractivity (Wildman–Crippen MR) is 91.9 cm³/mol. The van der Waals surface area contributed by atoms with E-state index in [0.717, 1.165) is 62.9 Å². The zero-order valence-corrected chi connectivity index (χ0v) is 14.0. The summed E-state index contributed by atoms with van der Waals surface area (Å²) in [7, 11) is 0. The first kappa shape index (κ1) is 16.3. The van der Waals surface area contributed by atoms with Crippen LogP contribution in [-0.4, -0.2) is 56.2 Å². The molecule has 2 heterocycles. The molecule has 0 spiro atoms. The average Bonchev–Trinajstić information content (AvgIpc) is 3.05. The number of fused-ring (bicyclic) bond motifs is 1. The molecule has 0 amide bonds. The molecule has 0 radical (unpaired) electrons. The van der Waals surface area contributed by atoms with Crippen molar-refractivity contribution in [1.82, 2.24) is 15.5 Å². The molecule has 1 fully saturated rings. The second-order valence-electron chi connectivity index (χ2n) is 5.60. The quantitative estimate of drug-likeness (QED) is 0.595. The summed E-state index contributed by atoms with van der Waals surface area (Å²) >= 11 is 5.31. The lowest BCUT2D eigenvalue weighted by Crippen LogP contribution is -2.39. The van der Waals surface area contributed by atoms with E-state index in [4.69, 9.17) is 26.4 Å². The van der Waals surface area contributed by atoms with Gasteiger partial charge in [0.1, 0.15) is 0 Å². The van der Waals surface area contributed by atoms with Crippen LogP contribution in [0.2, 0.25) is 0 Å². The Balaban J connectivity index is 1.30. The van der Waals surface area contributed by atoms with Crippen molar-refractivity contribution in [2.45, 2.75) is 13.0 Å². The van der Waals surface area contributed by atoms with Crippen LogP contribution < -0.4 is 20.1 Å². The number of benzene rings is 1. The Kier molecular flexibility index (Phi) is 5.90. The smallest absolute Gasteiger partial charge is 0.231 e. The summed E-state index contributed by atoms with van der Waals surface area (Å²) < 4.78 is 16.0. The fourth-order valence-electron chi connectivity index (χ4n) is 2.63. The van der Waals surface area contributed by atoms with Crippen molar-refractivity contribution in [3.05, 3.63) is 23.8 Å². The van der Waals surface area contributed by atoms with Gasteiger partial charge in [0, 0.05) is 26.2 Å². The highest BCUT2D eigenvalue weighted by Gasteiger charge is 2.13. The maximum Gasteiger partial charge on any atom is 0.231 e. The predicted octanol–water partition coefficient (Wildman–Crippen LogP) is 1.10. The van der Waals surface area contributed by atoms with Crippen molar-refractivity contribution in [2.24, 2.45) is 0 Å². The van der Waals surface area contributed by atoms with Gasteiger partial charge in [0.05, 0.1) is 13.2 Å². The number of nitrogens with one attached hydrogen (secondary N) is 2. The van der Waals surface area contributed by atoms with Gasteiger partial charge in [-0.1, -0.05) is 6.07 Å². The van der Waals surface area contributed by atoms with Gasteiger partial charge in [0.2, 0.25) is 6.79 Å². The van der Waals surface area contributed by atoms with Crippen LogP contribution in [0.4, 0.5) is 0 Å². The summed E-state index contributed by atoms with van der Waals surface area (Å²) in [6.45, 7) is 6.71. The van der Waals surface area contributed by atoms with Gasteiger partial charge in [0.25, 0.3) is 0 Å². The van der Waals surface area contributed by atoms with Crippen LogP contribution >= 0.6 is 12.2 Å². The van der Waals surface area contributed by atoms with Crippen LogP contribution in [0.1, 0.15) is 12.0 Å². The van der Waals surface area contributed by atoms with Gasteiger partial charge in [0.15, 0.2) is 16.6 Å². The van der Waals surface area contributed by atoms with E-state index in [1.54, 1.807) is 0 Å². The normalized spacial score (nSPS) is 17.0. The zero-order chi connectivity index (χ0) is 15.9. The van der Waals surface area contributed by atoms with Crippen LogP contribution in [0.15, 0.2) is 18.2 Å². The molecule has 0 unspecified atom stereocenters. The molecule has 1 aromatic carbocycles. The Hall–Kier alpha value is -1.57. The van der Waals surface area contributed by atoms with Gasteiger partial charge in [-0.05, 0) is 42.9 Å². The topological polar surface area (TPSA) is 55.0 Å². The van der Waals surface area contributed by atoms with Gasteiger partial charge >= 0.3 is 0 Å². The highest BCUT2D eigenvalue weighted by atomic mass is 32.1. The van der Waals surface area contributed by atoms with Crippen LogP contribution in [0, 0.1) is 0 Å². The summed E-state index contributed by atoms with van der Waals surface area (Å²) in [5.41, 5.74) is 1.12. The summed E-state index contributed by atoms with van der Waals surface area (Å²) in [4.78, 5) is 2.42. The van der Waals surface area contributed by atoms with Crippen molar-refractivity contribution >= 4 is 17.3 Å². The van der Waals surface area contributed by atoms with Gasteiger partial charge in [-0.2, -0.15) is 0 Å². The molecule has 3 rings (SSSR count). The molecule has 0 saturated carbocycles. The second-order valence-corrected chi connectivity index (χ2v) is 6.01. The van der Waals surface area contributed by atoms with Gasteiger partial charge in [-0.15, -0.1) is 0 Å². The molecule has 126 valence electrons. The molecular weight excluding hydrogens is 314 g/mol. The van der Waals surface area contributed by atoms with E-state index >= 15 is 0 Å². The number of thiocarbonyl (C=S) groups is 1. The lowest BCUT2D eigenvalue weighted by molar-refractivity contribution is 0.0376. The highest BCUT2D eigenvalue weighted by Crippen LogP contribution is 2.32. The van der Waals surface area contributed by atoms with Crippen molar-refractivity contribution in [3.8, 4) is 11.5 Å². The third kappa shape index (κ3) is 4.95. The summed E-state index contributed by atoms with van der Waals surface area (Å²) in [5.74, 6) is 1.60. The third-order valence-electron chi connectivity index (χ3n) is 3.93. The van der Waals surface area contributed by atoms with E-state index in [2.05, 4.69) is 15.5 Å². The Morgan fingerprint density at radius 1 is 1.13 bits per heavy atom. The van der Waals surface area contributed by atoms with Gasteiger partial charge in [-0.3, -0.25) is 4.90 Å². The van der Waals surface area contributed by atoms with E-state index in [1.807, 2.05) is 18.2 Å². The van der Waals surface area contributed by atoms with Crippen molar-refractivity contribution < 1.29 is 14.2 Å². The Bertz CT molecular complexity index is 535. The van der Waals surface area contributed by atoms with E-state index in [-0.39, 0.29) is 0 Å². The zero-order valence-electron chi connectivity index (χ0n) is 13.2. The molecule has 1 saturated heterocycles. The van der Waals surface area contributed by atoms with E-state index < -0.39 is 0 Å². The number of hydrogen-bond donors (Lipinski definition) is 2. The van der Waals surface area contributed by atoms with Crippen LogP contribution in [0.5, 0.6) is 11.5 Å². The monoisotopic (exact) mass is 337 g/mol. The number of rotatable bonds is 6. The molecule has 7 heteroatoms. The fourth-order valence-corrected chi connectivity index (χ4v) is 2.80. The summed E-state index contributed by atoms with van der Waals surface area (Å²) in [5, 5.41) is 7.16. The number of nitrogens with zero attached hydrogens (tertiary/aromatic N) is 1. The van der Waals surface area contributed by atoms with Crippen LogP contribution in [0.25, 0.3) is 0 Å². The molecule has 0 aromatic heterocycles. The first-order valence-corrected chi connectivity index (χ1v) is 8.42. The first-order chi connectivity index (χ1) is 11.3. The molecule has 0 aliphatic carbocycles. The van der Waals surface area contributed by atoms with E-state index in [9.17, 15) is 0 Å². The number of morpholine rings is 1. The number of ether oxygens (including phenoxy) is 3. The minimum atomic E-state index is 0.301. The SMILES string of the molecule is S=C(NCCCN1CCOCC1)NCc1ccc2c(c1)OCO2. The highest BCUT2D eigenvalue weighted by molar-refractivity contribution is 7.80. The molecule has 2 aliphatic rings. The van der Waals surface area contributed by atoms with Crippen LogP contribution in [0.3, 0.4) is 0 Å². The lowest BCUT2D eigenvalue weighted by Gasteiger charge is -2.26. The largest absolute Gasteiger partial charge is 0.454 e. The van der Waals surface area contributed by atoms with Gasteiger partial charge < -0.3 is 24.8 Å². The summed E-state index contributed by atoms with van der Waals surface area (Å²) in [6, 6.07) is 5.93. The molecule has 2 N–H and O–H groups in total. The molecule has 6 nitrogen and oxygen atoms in total. The van der Waals surface area contributed by atoms with Crippen molar-refractivity contribution in [1.29, 1.82) is 0 Å². The number of hydrogen-bond acceptors (Lipinski definition) is 5. The van der Waals surface area contributed by atoms with Crippen LogP contribution in [-0.2, 0) is 11.3 Å². The molecule has 2 aliphatic heterocycles. The van der Waals surface area contributed by atoms with Crippen molar-refractivity contribution in [3.63, 3.8) is 0 Å². The van der Waals surface area contributed by atoms with Crippen molar-refractivity contribution in [2.75, 3.05) is 46.2 Å².